The maximum Gasteiger partial charge on any atom is 0.248 e. The standard InChI is InChI=1S/C29H23ClN2O3/c1-17-13-19(3)28-25(14-17)32-29(35-28)21-5-4-6-22(15-21)31-27(33)12-10-23-9-11-26(34-23)20-8-7-18(2)24(30)16-20/h4-16H,1-3H3,(H,31,33)/b12-10+. The summed E-state index contributed by atoms with van der Waals surface area (Å²) in [6.45, 7) is 5.99. The number of fused-ring (bicyclic) bond motifs is 1. The number of carbonyl (C=O) groups is 1. The van der Waals surface area contributed by atoms with Crippen LogP contribution >= 0.6 is 11.6 Å². The molecule has 0 atom stereocenters. The lowest BCUT2D eigenvalue weighted by atomic mass is 10.1. The van der Waals surface area contributed by atoms with Crippen molar-refractivity contribution in [2.75, 3.05) is 5.32 Å². The van der Waals surface area contributed by atoms with Crippen LogP contribution in [0.25, 0.3) is 40.0 Å². The Labute approximate surface area is 208 Å². The smallest absolute Gasteiger partial charge is 0.248 e. The van der Waals surface area contributed by atoms with Crippen molar-refractivity contribution >= 4 is 40.4 Å². The first-order chi connectivity index (χ1) is 16.9. The van der Waals surface area contributed by atoms with Crippen molar-refractivity contribution in [3.63, 3.8) is 0 Å². The molecule has 5 nitrogen and oxygen atoms in total. The van der Waals surface area contributed by atoms with Crippen LogP contribution in [0.4, 0.5) is 5.69 Å². The molecule has 0 aliphatic heterocycles. The van der Waals surface area contributed by atoms with E-state index in [-0.39, 0.29) is 5.91 Å². The maximum atomic E-state index is 12.5. The average Bonchev–Trinajstić information content (AvgIpc) is 3.47. The van der Waals surface area contributed by atoms with Crippen molar-refractivity contribution in [2.45, 2.75) is 20.8 Å². The zero-order chi connectivity index (χ0) is 24.5. The van der Waals surface area contributed by atoms with Gasteiger partial charge < -0.3 is 14.2 Å². The van der Waals surface area contributed by atoms with E-state index in [2.05, 4.69) is 16.4 Å². The van der Waals surface area contributed by atoms with E-state index in [4.69, 9.17) is 20.4 Å². The van der Waals surface area contributed by atoms with E-state index in [0.717, 1.165) is 38.9 Å². The lowest BCUT2D eigenvalue weighted by molar-refractivity contribution is -0.111. The molecule has 3 aromatic carbocycles. The molecule has 2 aromatic heterocycles. The van der Waals surface area contributed by atoms with Crippen LogP contribution < -0.4 is 5.32 Å². The van der Waals surface area contributed by atoms with E-state index in [9.17, 15) is 4.79 Å². The van der Waals surface area contributed by atoms with Crippen molar-refractivity contribution < 1.29 is 13.6 Å². The molecule has 0 aliphatic rings. The number of nitrogens with one attached hydrogen (secondary N) is 1. The largest absolute Gasteiger partial charge is 0.457 e. The molecule has 35 heavy (non-hydrogen) atoms. The van der Waals surface area contributed by atoms with Gasteiger partial charge in [-0.1, -0.05) is 35.9 Å². The Hall–Kier alpha value is -4.09. The monoisotopic (exact) mass is 482 g/mol. The highest BCUT2D eigenvalue weighted by molar-refractivity contribution is 6.31. The molecular formula is C29H23ClN2O3. The van der Waals surface area contributed by atoms with Gasteiger partial charge in [0.15, 0.2) is 5.58 Å². The number of hydrogen-bond donors (Lipinski definition) is 1. The number of furan rings is 1. The summed E-state index contributed by atoms with van der Waals surface area (Å²) in [6.07, 6.45) is 3.06. The molecule has 5 aromatic rings. The molecule has 6 heteroatoms. The fraction of sp³-hybridized carbons (Fsp3) is 0.103. The molecule has 0 spiro atoms. The van der Waals surface area contributed by atoms with Crippen LogP contribution in [0.15, 0.2) is 81.6 Å². The molecule has 0 bridgehead atoms. The fourth-order valence-electron chi connectivity index (χ4n) is 3.92. The zero-order valence-corrected chi connectivity index (χ0v) is 20.3. The Morgan fingerprint density at radius 1 is 0.914 bits per heavy atom. The van der Waals surface area contributed by atoms with Crippen LogP contribution in [0.3, 0.4) is 0 Å². The fourth-order valence-corrected chi connectivity index (χ4v) is 4.10. The summed E-state index contributed by atoms with van der Waals surface area (Å²) in [6, 6.07) is 20.9. The third-order valence-electron chi connectivity index (χ3n) is 5.68. The molecule has 2 heterocycles. The highest BCUT2D eigenvalue weighted by Gasteiger charge is 2.12. The summed E-state index contributed by atoms with van der Waals surface area (Å²) < 4.78 is 11.8. The van der Waals surface area contributed by atoms with Crippen LogP contribution in [0, 0.1) is 20.8 Å². The van der Waals surface area contributed by atoms with Crippen LogP contribution in [0.1, 0.15) is 22.5 Å². The molecule has 1 N–H and O–H groups in total. The van der Waals surface area contributed by atoms with Gasteiger partial charge in [0.25, 0.3) is 0 Å². The molecule has 0 radical (unpaired) electrons. The number of oxazole rings is 1. The summed E-state index contributed by atoms with van der Waals surface area (Å²) in [4.78, 5) is 17.1. The van der Waals surface area contributed by atoms with Gasteiger partial charge in [-0.25, -0.2) is 4.98 Å². The number of nitrogens with zero attached hydrogens (tertiary/aromatic N) is 1. The third-order valence-corrected chi connectivity index (χ3v) is 6.09. The summed E-state index contributed by atoms with van der Waals surface area (Å²) in [5.74, 6) is 1.49. The predicted octanol–water partition coefficient (Wildman–Crippen LogP) is 7.99. The van der Waals surface area contributed by atoms with Gasteiger partial charge in [0.05, 0.1) is 0 Å². The molecule has 0 saturated heterocycles. The van der Waals surface area contributed by atoms with Gasteiger partial charge in [-0.3, -0.25) is 4.79 Å². The first-order valence-corrected chi connectivity index (χ1v) is 11.6. The van der Waals surface area contributed by atoms with Gasteiger partial charge in [0, 0.05) is 27.9 Å². The van der Waals surface area contributed by atoms with Gasteiger partial charge in [-0.15, -0.1) is 0 Å². The Kier molecular flexibility index (Phi) is 6.01. The topological polar surface area (TPSA) is 68.3 Å². The van der Waals surface area contributed by atoms with Crippen molar-refractivity contribution in [2.24, 2.45) is 0 Å². The van der Waals surface area contributed by atoms with E-state index in [1.54, 1.807) is 6.08 Å². The lowest BCUT2D eigenvalue weighted by Gasteiger charge is -2.03. The molecule has 5 rings (SSSR count). The van der Waals surface area contributed by atoms with Crippen LogP contribution in [-0.2, 0) is 4.79 Å². The Balaban J connectivity index is 1.29. The second kappa shape index (κ2) is 9.28. The number of benzene rings is 3. The molecule has 174 valence electrons. The van der Waals surface area contributed by atoms with E-state index in [1.807, 2.05) is 81.4 Å². The highest BCUT2D eigenvalue weighted by atomic mass is 35.5. The Morgan fingerprint density at radius 2 is 1.77 bits per heavy atom. The van der Waals surface area contributed by atoms with Crippen molar-refractivity contribution in [1.82, 2.24) is 4.98 Å². The molecule has 0 unspecified atom stereocenters. The second-order valence-corrected chi connectivity index (χ2v) is 8.93. The Bertz CT molecular complexity index is 1590. The number of aromatic nitrogens is 1. The Morgan fingerprint density at radius 3 is 2.60 bits per heavy atom. The number of anilines is 1. The maximum absolute atomic E-state index is 12.5. The lowest BCUT2D eigenvalue weighted by Crippen LogP contribution is -2.07. The summed E-state index contributed by atoms with van der Waals surface area (Å²) in [7, 11) is 0. The molecule has 0 aliphatic carbocycles. The van der Waals surface area contributed by atoms with E-state index < -0.39 is 0 Å². The first-order valence-electron chi connectivity index (χ1n) is 11.2. The van der Waals surface area contributed by atoms with Gasteiger partial charge in [-0.05, 0) is 86.0 Å². The molecule has 1 amide bonds. The minimum absolute atomic E-state index is 0.275. The number of carbonyl (C=O) groups excluding carboxylic acids is 1. The predicted molar refractivity (Wildman–Crippen MR) is 140 cm³/mol. The normalized spacial score (nSPS) is 11.4. The van der Waals surface area contributed by atoms with Gasteiger partial charge in [-0.2, -0.15) is 0 Å². The zero-order valence-electron chi connectivity index (χ0n) is 19.6. The summed E-state index contributed by atoms with van der Waals surface area (Å²) >= 11 is 6.22. The van der Waals surface area contributed by atoms with Gasteiger partial charge in [0.2, 0.25) is 11.8 Å². The van der Waals surface area contributed by atoms with Crippen molar-refractivity contribution in [3.05, 3.63) is 100 Å². The van der Waals surface area contributed by atoms with Gasteiger partial charge >= 0.3 is 0 Å². The SMILES string of the molecule is Cc1cc(C)c2oc(-c3cccc(NC(=O)/C=C/c4ccc(-c5ccc(C)c(Cl)c5)o4)c3)nc2c1. The van der Waals surface area contributed by atoms with Crippen LogP contribution in [0.5, 0.6) is 0 Å². The van der Waals surface area contributed by atoms with Crippen molar-refractivity contribution in [3.8, 4) is 22.8 Å². The van der Waals surface area contributed by atoms with Crippen molar-refractivity contribution in [1.29, 1.82) is 0 Å². The highest BCUT2D eigenvalue weighted by Crippen LogP contribution is 2.29. The van der Waals surface area contributed by atoms with Crippen LogP contribution in [0.2, 0.25) is 5.02 Å². The van der Waals surface area contributed by atoms with E-state index >= 15 is 0 Å². The number of amides is 1. The van der Waals surface area contributed by atoms with Gasteiger partial charge in [0.1, 0.15) is 17.0 Å². The molecular weight excluding hydrogens is 460 g/mol. The average molecular weight is 483 g/mol. The number of hydrogen-bond acceptors (Lipinski definition) is 4. The summed E-state index contributed by atoms with van der Waals surface area (Å²) in [5, 5.41) is 3.56. The molecule has 0 fully saturated rings. The van der Waals surface area contributed by atoms with E-state index in [0.29, 0.717) is 28.1 Å². The third kappa shape index (κ3) is 4.91. The number of halogens is 1. The van der Waals surface area contributed by atoms with E-state index in [1.165, 1.54) is 6.08 Å². The second-order valence-electron chi connectivity index (χ2n) is 8.52. The minimum atomic E-state index is -0.275. The summed E-state index contributed by atoms with van der Waals surface area (Å²) in [5.41, 5.74) is 7.08. The quantitative estimate of drug-likeness (QED) is 0.258. The van der Waals surface area contributed by atoms with Crippen LogP contribution in [-0.4, -0.2) is 10.9 Å². The number of rotatable bonds is 5. The number of aryl methyl sites for hydroxylation is 3. The first kappa shape index (κ1) is 22.7. The molecule has 0 saturated carbocycles. The minimum Gasteiger partial charge on any atom is -0.457 e.